The maximum absolute atomic E-state index is 12.8. The molecule has 0 aliphatic heterocycles. The van der Waals surface area contributed by atoms with Crippen molar-refractivity contribution in [2.75, 3.05) is 13.2 Å². The molecule has 0 saturated carbocycles. The molecule has 6 nitrogen and oxygen atoms in total. The van der Waals surface area contributed by atoms with Gasteiger partial charge in [0.1, 0.15) is 13.2 Å². The highest BCUT2D eigenvalue weighted by Gasteiger charge is 2.19. The molecule has 0 aromatic carbocycles. The molecule has 0 aliphatic rings. The van der Waals surface area contributed by atoms with Crippen LogP contribution in [-0.2, 0) is 28.6 Å². The summed E-state index contributed by atoms with van der Waals surface area (Å²) in [4.78, 5) is 37.9. The molecule has 0 aliphatic carbocycles. The van der Waals surface area contributed by atoms with Crippen molar-refractivity contribution in [3.63, 3.8) is 0 Å². The van der Waals surface area contributed by atoms with E-state index in [4.69, 9.17) is 14.2 Å². The average Bonchev–Trinajstić information content (AvgIpc) is 3.42. The summed E-state index contributed by atoms with van der Waals surface area (Å²) < 4.78 is 16.7. The van der Waals surface area contributed by atoms with Gasteiger partial charge in [-0.2, -0.15) is 0 Å². The Morgan fingerprint density at radius 2 is 0.526 bits per heavy atom. The monoisotopic (exact) mass is 1050 g/mol. The Kier molecular flexibility index (Phi) is 58.9. The minimum Gasteiger partial charge on any atom is -0.462 e. The van der Waals surface area contributed by atoms with Gasteiger partial charge in [-0.1, -0.05) is 263 Å². The van der Waals surface area contributed by atoms with Crippen molar-refractivity contribution in [3.05, 3.63) is 146 Å². The molecule has 0 N–H and O–H groups in total. The quantitative estimate of drug-likeness (QED) is 0.0261. The van der Waals surface area contributed by atoms with E-state index in [-0.39, 0.29) is 37.5 Å². The average molecular weight is 1050 g/mol. The molecular formula is C70H112O6. The van der Waals surface area contributed by atoms with Crippen LogP contribution in [0.2, 0.25) is 0 Å². The molecule has 0 aromatic rings. The lowest BCUT2D eigenvalue weighted by Crippen LogP contribution is -2.30. The fourth-order valence-electron chi connectivity index (χ4n) is 7.98. The predicted molar refractivity (Wildman–Crippen MR) is 329 cm³/mol. The number of rotatable bonds is 54. The summed E-state index contributed by atoms with van der Waals surface area (Å²) in [6.45, 7) is 6.39. The lowest BCUT2D eigenvalue weighted by atomic mass is 10.1. The van der Waals surface area contributed by atoms with Crippen LogP contribution in [0, 0.1) is 0 Å². The maximum Gasteiger partial charge on any atom is 0.306 e. The smallest absolute Gasteiger partial charge is 0.306 e. The second-order valence-electron chi connectivity index (χ2n) is 19.9. The van der Waals surface area contributed by atoms with Crippen LogP contribution in [0.5, 0.6) is 0 Å². The minimum atomic E-state index is -0.809. The fourth-order valence-corrected chi connectivity index (χ4v) is 7.98. The van der Waals surface area contributed by atoms with E-state index in [1.165, 1.54) is 89.9 Å². The van der Waals surface area contributed by atoms with Crippen LogP contribution in [0.4, 0.5) is 0 Å². The van der Waals surface area contributed by atoms with Gasteiger partial charge in [0.05, 0.1) is 0 Å². The van der Waals surface area contributed by atoms with E-state index in [1.807, 2.05) is 0 Å². The van der Waals surface area contributed by atoms with Crippen molar-refractivity contribution in [1.29, 1.82) is 0 Å². The molecule has 0 rings (SSSR count). The van der Waals surface area contributed by atoms with E-state index in [1.54, 1.807) is 0 Å². The Bertz CT molecular complexity index is 1680. The van der Waals surface area contributed by atoms with E-state index >= 15 is 0 Å². The Morgan fingerprint density at radius 1 is 0.276 bits per heavy atom. The molecule has 0 radical (unpaired) electrons. The minimum absolute atomic E-state index is 0.104. The Balaban J connectivity index is 4.28. The summed E-state index contributed by atoms with van der Waals surface area (Å²) in [6.07, 6.45) is 90.3. The molecule has 0 heterocycles. The van der Waals surface area contributed by atoms with E-state index < -0.39 is 6.10 Å². The molecule has 0 spiro atoms. The molecule has 6 heteroatoms. The van der Waals surface area contributed by atoms with Crippen LogP contribution in [0.15, 0.2) is 146 Å². The summed E-state index contributed by atoms with van der Waals surface area (Å²) >= 11 is 0. The fraction of sp³-hybridized carbons (Fsp3) is 0.614. The molecule has 1 unspecified atom stereocenters. The largest absolute Gasteiger partial charge is 0.462 e. The van der Waals surface area contributed by atoms with Crippen LogP contribution in [-0.4, -0.2) is 37.2 Å². The van der Waals surface area contributed by atoms with Crippen molar-refractivity contribution >= 4 is 17.9 Å². The highest BCUT2D eigenvalue weighted by atomic mass is 16.6. The van der Waals surface area contributed by atoms with Gasteiger partial charge in [-0.05, 0) is 122 Å². The first-order valence-corrected chi connectivity index (χ1v) is 30.8. The van der Waals surface area contributed by atoms with Crippen LogP contribution in [0.3, 0.4) is 0 Å². The Morgan fingerprint density at radius 3 is 0.855 bits per heavy atom. The summed E-state index contributed by atoms with van der Waals surface area (Å²) in [5.41, 5.74) is 0. The zero-order valence-electron chi connectivity index (χ0n) is 49.0. The van der Waals surface area contributed by atoms with E-state index in [2.05, 4.69) is 167 Å². The number of allylic oxidation sites excluding steroid dienone is 24. The second-order valence-corrected chi connectivity index (χ2v) is 19.9. The van der Waals surface area contributed by atoms with Crippen LogP contribution < -0.4 is 0 Å². The number of carbonyl (C=O) groups excluding carboxylic acids is 3. The topological polar surface area (TPSA) is 78.9 Å². The summed E-state index contributed by atoms with van der Waals surface area (Å²) in [6, 6.07) is 0. The van der Waals surface area contributed by atoms with Gasteiger partial charge in [-0.25, -0.2) is 0 Å². The SMILES string of the molecule is CC/C=C\C/C=C\C/C=C\C/C=C\C/C=C\C/C=C\C/C=C\C/C=C\C/C=C\CCCC(=O)OCC(COC(=O)CCCCCCCC)OC(=O)CCCCCCCCCC/C=C\C/C=C\C/C=C\CCCCCCC. The molecule has 0 bridgehead atoms. The highest BCUT2D eigenvalue weighted by Crippen LogP contribution is 2.14. The van der Waals surface area contributed by atoms with Crippen LogP contribution >= 0.6 is 0 Å². The van der Waals surface area contributed by atoms with Crippen LogP contribution in [0.25, 0.3) is 0 Å². The number of carbonyl (C=O) groups is 3. The zero-order valence-corrected chi connectivity index (χ0v) is 49.0. The maximum atomic E-state index is 12.8. The normalized spacial score (nSPS) is 13.1. The van der Waals surface area contributed by atoms with Gasteiger partial charge in [0.25, 0.3) is 0 Å². The first-order chi connectivity index (χ1) is 37.5. The van der Waals surface area contributed by atoms with Crippen molar-refractivity contribution in [1.82, 2.24) is 0 Å². The number of hydrogen-bond acceptors (Lipinski definition) is 6. The predicted octanol–water partition coefficient (Wildman–Crippen LogP) is 21.2. The van der Waals surface area contributed by atoms with Crippen molar-refractivity contribution in [2.45, 2.75) is 264 Å². The lowest BCUT2D eigenvalue weighted by Gasteiger charge is -2.18. The highest BCUT2D eigenvalue weighted by molar-refractivity contribution is 5.71. The van der Waals surface area contributed by atoms with Gasteiger partial charge < -0.3 is 14.2 Å². The molecule has 0 fully saturated rings. The Hall–Kier alpha value is -4.71. The molecule has 1 atom stereocenters. The van der Waals surface area contributed by atoms with Gasteiger partial charge in [0, 0.05) is 19.3 Å². The molecule has 76 heavy (non-hydrogen) atoms. The molecule has 0 saturated heterocycles. The first-order valence-electron chi connectivity index (χ1n) is 30.8. The van der Waals surface area contributed by atoms with Gasteiger partial charge in [0.15, 0.2) is 6.10 Å². The number of ether oxygens (including phenoxy) is 3. The molecule has 0 aromatic heterocycles. The number of hydrogen-bond donors (Lipinski definition) is 0. The zero-order chi connectivity index (χ0) is 55.0. The third kappa shape index (κ3) is 60.2. The van der Waals surface area contributed by atoms with E-state index in [0.29, 0.717) is 19.3 Å². The lowest BCUT2D eigenvalue weighted by molar-refractivity contribution is -0.167. The molecule has 428 valence electrons. The number of unbranched alkanes of at least 4 members (excludes halogenated alkanes) is 19. The second kappa shape index (κ2) is 62.8. The van der Waals surface area contributed by atoms with Gasteiger partial charge in [-0.15, -0.1) is 0 Å². The first kappa shape index (κ1) is 71.3. The Labute approximate surface area is 467 Å². The van der Waals surface area contributed by atoms with Crippen molar-refractivity contribution in [2.24, 2.45) is 0 Å². The van der Waals surface area contributed by atoms with Crippen molar-refractivity contribution < 1.29 is 28.6 Å². The molecular weight excluding hydrogens is 937 g/mol. The summed E-state index contributed by atoms with van der Waals surface area (Å²) in [5, 5.41) is 0. The van der Waals surface area contributed by atoms with Crippen molar-refractivity contribution in [3.8, 4) is 0 Å². The third-order valence-electron chi connectivity index (χ3n) is 12.6. The van der Waals surface area contributed by atoms with E-state index in [9.17, 15) is 14.4 Å². The summed E-state index contributed by atoms with van der Waals surface area (Å²) in [5.74, 6) is -0.988. The van der Waals surface area contributed by atoms with Crippen LogP contribution in [0.1, 0.15) is 258 Å². The van der Waals surface area contributed by atoms with Gasteiger partial charge in [0.2, 0.25) is 0 Å². The standard InChI is InChI=1S/C70H112O6/c1-4-7-10-13-16-18-20-22-24-26-28-30-32-33-34-35-36-37-39-40-42-44-46-48-50-52-54-57-60-63-69(72)75-66-67(65-74-68(71)62-59-56-15-12-9-6-3)76-70(73)64-61-58-55-53-51-49-47-45-43-41-38-31-29-27-25-23-21-19-17-14-11-8-5-2/h7,10,16,18,21-24,27-30,33-34,36-38,40-42,46,48,52,54,67H,4-6,8-9,11-15,17,19-20,25-26,31-32,35,39,43-45,47,49-51,53,55-66H2,1-3H3/b10-7-,18-16-,23-21-,24-22-,29-27-,30-28-,34-33-,37-36-,41-38-,42-40-,48-46-,54-52-. The summed E-state index contributed by atoms with van der Waals surface area (Å²) in [7, 11) is 0. The number of esters is 3. The van der Waals surface area contributed by atoms with Gasteiger partial charge >= 0.3 is 17.9 Å². The third-order valence-corrected chi connectivity index (χ3v) is 12.6. The van der Waals surface area contributed by atoms with E-state index in [0.717, 1.165) is 122 Å². The molecule has 0 amide bonds. The van der Waals surface area contributed by atoms with Gasteiger partial charge in [-0.3, -0.25) is 14.4 Å².